The molecule has 1 amide bonds. The van der Waals surface area contributed by atoms with Crippen molar-refractivity contribution in [2.75, 3.05) is 5.32 Å². The topological polar surface area (TPSA) is 38.3 Å². The Morgan fingerprint density at radius 2 is 1.85 bits per heavy atom. The van der Waals surface area contributed by atoms with E-state index in [0.29, 0.717) is 12.2 Å². The first kappa shape index (κ1) is 12.6. The number of hydrogen-bond acceptors (Lipinski definition) is 2. The summed E-state index contributed by atoms with van der Waals surface area (Å²) < 4.78 is 31.6. The van der Waals surface area contributed by atoms with Crippen LogP contribution in [0.4, 0.5) is 14.5 Å². The fourth-order valence-corrected chi connectivity index (χ4v) is 2.18. The van der Waals surface area contributed by atoms with Crippen molar-refractivity contribution in [1.29, 1.82) is 0 Å². The smallest absolute Gasteiger partial charge is 0.265 e. The van der Waals surface area contributed by atoms with Crippen molar-refractivity contribution in [3.05, 3.63) is 59.7 Å². The Labute approximate surface area is 114 Å². The van der Waals surface area contributed by atoms with E-state index in [4.69, 9.17) is 4.74 Å². The normalized spacial score (nSPS) is 16.4. The number of hydrogen-bond donors (Lipinski definition) is 1. The summed E-state index contributed by atoms with van der Waals surface area (Å²) >= 11 is 0. The molecule has 1 heterocycles. The zero-order valence-corrected chi connectivity index (χ0v) is 10.4. The number of carbonyl (C=O) groups is 1. The zero-order chi connectivity index (χ0) is 14.1. The van der Waals surface area contributed by atoms with E-state index >= 15 is 0 Å². The first-order valence-corrected chi connectivity index (χ1v) is 6.13. The van der Waals surface area contributed by atoms with Gasteiger partial charge in [-0.1, -0.05) is 18.2 Å². The van der Waals surface area contributed by atoms with Crippen molar-refractivity contribution < 1.29 is 18.3 Å². The van der Waals surface area contributed by atoms with Gasteiger partial charge in [0.1, 0.15) is 17.4 Å². The van der Waals surface area contributed by atoms with E-state index in [0.717, 1.165) is 23.8 Å². The highest BCUT2D eigenvalue weighted by Gasteiger charge is 2.28. The lowest BCUT2D eigenvalue weighted by atomic mass is 10.1. The molecule has 5 heteroatoms. The molecule has 1 aliphatic heterocycles. The molecular formula is C15H11F2NO2. The van der Waals surface area contributed by atoms with E-state index < -0.39 is 23.6 Å². The van der Waals surface area contributed by atoms with Gasteiger partial charge in [-0.05, 0) is 23.8 Å². The van der Waals surface area contributed by atoms with Gasteiger partial charge < -0.3 is 10.1 Å². The fraction of sp³-hybridized carbons (Fsp3) is 0.133. The van der Waals surface area contributed by atoms with Crippen LogP contribution in [0.3, 0.4) is 0 Å². The molecule has 0 aliphatic carbocycles. The van der Waals surface area contributed by atoms with Crippen LogP contribution >= 0.6 is 0 Å². The maximum atomic E-state index is 13.0. The molecule has 0 saturated heterocycles. The maximum Gasteiger partial charge on any atom is 0.265 e. The number of benzene rings is 2. The largest absolute Gasteiger partial charge is 0.480 e. The van der Waals surface area contributed by atoms with Crippen LogP contribution in [0.15, 0.2) is 42.5 Å². The van der Waals surface area contributed by atoms with Crippen LogP contribution in [0, 0.1) is 11.6 Å². The SMILES string of the molecule is O=C(Nc1cc(F)cc(F)c1)[C@@H]1Cc2ccccc2O1. The lowest BCUT2D eigenvalue weighted by Crippen LogP contribution is -2.31. The predicted octanol–water partition coefficient (Wildman–Crippen LogP) is 2.91. The van der Waals surface area contributed by atoms with E-state index in [9.17, 15) is 13.6 Å². The quantitative estimate of drug-likeness (QED) is 0.915. The lowest BCUT2D eigenvalue weighted by Gasteiger charge is -2.11. The van der Waals surface area contributed by atoms with Gasteiger partial charge in [0.15, 0.2) is 6.10 Å². The molecule has 1 aliphatic rings. The number of anilines is 1. The molecule has 0 radical (unpaired) electrons. The highest BCUT2D eigenvalue weighted by atomic mass is 19.1. The average molecular weight is 275 g/mol. The maximum absolute atomic E-state index is 13.0. The third-order valence-electron chi connectivity index (χ3n) is 3.07. The van der Waals surface area contributed by atoms with Crippen LogP contribution in [0.5, 0.6) is 5.75 Å². The van der Waals surface area contributed by atoms with Crippen molar-refractivity contribution in [2.24, 2.45) is 0 Å². The summed E-state index contributed by atoms with van der Waals surface area (Å²) in [6, 6.07) is 10.2. The molecular weight excluding hydrogens is 264 g/mol. The molecule has 1 atom stereocenters. The first-order chi connectivity index (χ1) is 9.61. The molecule has 0 bridgehead atoms. The number of fused-ring (bicyclic) bond motifs is 1. The summed E-state index contributed by atoms with van der Waals surface area (Å²) in [7, 11) is 0. The summed E-state index contributed by atoms with van der Waals surface area (Å²) in [6.45, 7) is 0. The molecule has 0 fully saturated rings. The Bertz CT molecular complexity index is 627. The lowest BCUT2D eigenvalue weighted by molar-refractivity contribution is -0.122. The molecule has 2 aromatic carbocycles. The highest BCUT2D eigenvalue weighted by molar-refractivity contribution is 5.95. The number of amides is 1. The van der Waals surface area contributed by atoms with E-state index in [1.165, 1.54) is 0 Å². The molecule has 3 rings (SSSR count). The molecule has 0 saturated carbocycles. The minimum Gasteiger partial charge on any atom is -0.480 e. The standard InChI is InChI=1S/C15H11F2NO2/c16-10-6-11(17)8-12(7-10)18-15(19)14-5-9-3-1-2-4-13(9)20-14/h1-4,6-8,14H,5H2,(H,18,19)/t14-/m0/s1. The first-order valence-electron chi connectivity index (χ1n) is 6.13. The van der Waals surface area contributed by atoms with Gasteiger partial charge in [0.25, 0.3) is 5.91 Å². The van der Waals surface area contributed by atoms with Crippen LogP contribution in [0.1, 0.15) is 5.56 Å². The molecule has 0 aromatic heterocycles. The second-order valence-electron chi connectivity index (χ2n) is 4.57. The average Bonchev–Trinajstić information content (AvgIpc) is 2.81. The van der Waals surface area contributed by atoms with Crippen molar-refractivity contribution >= 4 is 11.6 Å². The van der Waals surface area contributed by atoms with Crippen LogP contribution in [0.25, 0.3) is 0 Å². The summed E-state index contributed by atoms with van der Waals surface area (Å²) in [5.41, 5.74) is 1.02. The minimum atomic E-state index is -0.740. The molecule has 20 heavy (non-hydrogen) atoms. The second-order valence-corrected chi connectivity index (χ2v) is 4.57. The Balaban J connectivity index is 1.72. The van der Waals surface area contributed by atoms with Crippen molar-refractivity contribution in [3.8, 4) is 5.75 Å². The van der Waals surface area contributed by atoms with Crippen molar-refractivity contribution in [2.45, 2.75) is 12.5 Å². The Morgan fingerprint density at radius 1 is 1.15 bits per heavy atom. The monoisotopic (exact) mass is 275 g/mol. The number of ether oxygens (including phenoxy) is 1. The summed E-state index contributed by atoms with van der Waals surface area (Å²) in [6.07, 6.45) is -0.237. The van der Waals surface area contributed by atoms with Crippen LogP contribution in [-0.2, 0) is 11.2 Å². The summed E-state index contributed by atoms with van der Waals surface area (Å²) in [5.74, 6) is -1.24. The van der Waals surface area contributed by atoms with E-state index in [-0.39, 0.29) is 5.69 Å². The third kappa shape index (κ3) is 2.47. The number of nitrogens with one attached hydrogen (secondary N) is 1. The van der Waals surface area contributed by atoms with Gasteiger partial charge in [0.2, 0.25) is 0 Å². The number of para-hydroxylation sites is 1. The Morgan fingerprint density at radius 3 is 2.55 bits per heavy atom. The minimum absolute atomic E-state index is 0.0760. The van der Waals surface area contributed by atoms with Gasteiger partial charge in [-0.15, -0.1) is 0 Å². The van der Waals surface area contributed by atoms with Gasteiger partial charge in [0.05, 0.1) is 0 Å². The summed E-state index contributed by atoms with van der Waals surface area (Å²) in [5, 5.41) is 2.46. The van der Waals surface area contributed by atoms with Crippen LogP contribution < -0.4 is 10.1 Å². The second kappa shape index (κ2) is 4.92. The van der Waals surface area contributed by atoms with Crippen molar-refractivity contribution in [1.82, 2.24) is 0 Å². The fourth-order valence-electron chi connectivity index (χ4n) is 2.18. The number of halogens is 2. The molecule has 1 N–H and O–H groups in total. The van der Waals surface area contributed by atoms with E-state index in [2.05, 4.69) is 5.32 Å². The van der Waals surface area contributed by atoms with Gasteiger partial charge in [-0.25, -0.2) is 8.78 Å². The number of rotatable bonds is 2. The van der Waals surface area contributed by atoms with Crippen LogP contribution in [-0.4, -0.2) is 12.0 Å². The van der Waals surface area contributed by atoms with Crippen molar-refractivity contribution in [3.63, 3.8) is 0 Å². The zero-order valence-electron chi connectivity index (χ0n) is 10.4. The summed E-state index contributed by atoms with van der Waals surface area (Å²) in [4.78, 5) is 12.0. The highest BCUT2D eigenvalue weighted by Crippen LogP contribution is 2.28. The van der Waals surface area contributed by atoms with Gasteiger partial charge in [-0.2, -0.15) is 0 Å². The van der Waals surface area contributed by atoms with Gasteiger partial charge in [-0.3, -0.25) is 4.79 Å². The number of carbonyl (C=O) groups excluding carboxylic acids is 1. The Hall–Kier alpha value is -2.43. The molecule has 3 nitrogen and oxygen atoms in total. The third-order valence-corrected chi connectivity index (χ3v) is 3.07. The molecule has 0 unspecified atom stereocenters. The van der Waals surface area contributed by atoms with E-state index in [1.807, 2.05) is 18.2 Å². The van der Waals surface area contributed by atoms with Gasteiger partial charge >= 0.3 is 0 Å². The molecule has 0 spiro atoms. The predicted molar refractivity (Wildman–Crippen MR) is 69.5 cm³/mol. The van der Waals surface area contributed by atoms with Crippen LogP contribution in [0.2, 0.25) is 0 Å². The molecule has 102 valence electrons. The van der Waals surface area contributed by atoms with Gasteiger partial charge in [0, 0.05) is 18.2 Å². The van der Waals surface area contributed by atoms with E-state index in [1.54, 1.807) is 6.07 Å². The molecule has 2 aromatic rings. The Kier molecular flexibility index (Phi) is 3.10.